The molecule has 1 rings (SSSR count). The highest BCUT2D eigenvalue weighted by Gasteiger charge is 2.35. The highest BCUT2D eigenvalue weighted by Crippen LogP contribution is 2.31. The Kier molecular flexibility index (Phi) is 4.76. The first-order valence-corrected chi connectivity index (χ1v) is 7.81. The van der Waals surface area contributed by atoms with Crippen LogP contribution in [0.25, 0.3) is 0 Å². The maximum absolute atomic E-state index is 11.7. The first-order valence-electron chi connectivity index (χ1n) is 5.86. The molecule has 0 amide bonds. The molecule has 0 bridgehead atoms. The molecule has 0 spiro atoms. The number of likely N-dealkylation sites (N-methyl/N-ethyl adjacent to an activating group) is 1. The van der Waals surface area contributed by atoms with E-state index in [0.717, 1.165) is 12.8 Å². The van der Waals surface area contributed by atoms with Gasteiger partial charge in [-0.2, -0.15) is 0 Å². The van der Waals surface area contributed by atoms with Crippen LogP contribution in [0.15, 0.2) is 0 Å². The molecular formula is C11H23NO3S. The first kappa shape index (κ1) is 13.9. The zero-order chi connectivity index (χ0) is 12.3. The van der Waals surface area contributed by atoms with E-state index >= 15 is 0 Å². The van der Waals surface area contributed by atoms with E-state index in [0.29, 0.717) is 19.0 Å². The van der Waals surface area contributed by atoms with Crippen LogP contribution >= 0.6 is 0 Å². The monoisotopic (exact) mass is 249 g/mol. The first-order chi connectivity index (χ1) is 7.36. The maximum Gasteiger partial charge on any atom is 0.150 e. The lowest BCUT2D eigenvalue weighted by atomic mass is 9.86. The molecule has 16 heavy (non-hydrogen) atoms. The number of hydrogen-bond acceptors (Lipinski definition) is 4. The quantitative estimate of drug-likeness (QED) is 0.789. The second-order valence-electron chi connectivity index (χ2n) is 5.02. The van der Waals surface area contributed by atoms with E-state index in [-0.39, 0.29) is 17.8 Å². The highest BCUT2D eigenvalue weighted by molar-refractivity contribution is 7.91. The third-order valence-electron chi connectivity index (χ3n) is 3.72. The summed E-state index contributed by atoms with van der Waals surface area (Å²) in [5.41, 5.74) is 0. The lowest BCUT2D eigenvalue weighted by Crippen LogP contribution is -2.44. The van der Waals surface area contributed by atoms with Crippen LogP contribution in [-0.4, -0.2) is 56.2 Å². The molecule has 0 saturated heterocycles. The SMILES string of the molecule is CC1CCC(N(C)CCO)CC1S(C)(=O)=O. The normalized spacial score (nSPS) is 31.9. The van der Waals surface area contributed by atoms with Gasteiger partial charge in [-0.1, -0.05) is 6.92 Å². The molecule has 3 atom stereocenters. The summed E-state index contributed by atoms with van der Waals surface area (Å²) in [6.07, 6.45) is 4.03. The molecule has 0 aromatic rings. The van der Waals surface area contributed by atoms with Crippen LogP contribution in [0.4, 0.5) is 0 Å². The number of nitrogens with zero attached hydrogens (tertiary/aromatic N) is 1. The molecule has 0 aliphatic heterocycles. The summed E-state index contributed by atoms with van der Waals surface area (Å²) in [5.74, 6) is 0.258. The van der Waals surface area contributed by atoms with Crippen LogP contribution < -0.4 is 0 Å². The molecule has 1 aliphatic rings. The van der Waals surface area contributed by atoms with Gasteiger partial charge in [0, 0.05) is 18.8 Å². The van der Waals surface area contributed by atoms with Crippen molar-refractivity contribution in [3.63, 3.8) is 0 Å². The van der Waals surface area contributed by atoms with Crippen LogP contribution in [0.5, 0.6) is 0 Å². The van der Waals surface area contributed by atoms with E-state index in [1.165, 1.54) is 6.26 Å². The van der Waals surface area contributed by atoms with Gasteiger partial charge in [-0.05, 0) is 32.2 Å². The van der Waals surface area contributed by atoms with E-state index in [9.17, 15) is 8.42 Å². The highest BCUT2D eigenvalue weighted by atomic mass is 32.2. The van der Waals surface area contributed by atoms with Crippen molar-refractivity contribution < 1.29 is 13.5 Å². The van der Waals surface area contributed by atoms with E-state index in [1.54, 1.807) is 0 Å². The Hall–Kier alpha value is -0.130. The summed E-state index contributed by atoms with van der Waals surface area (Å²) >= 11 is 0. The van der Waals surface area contributed by atoms with Gasteiger partial charge in [-0.25, -0.2) is 8.42 Å². The van der Waals surface area contributed by atoms with Gasteiger partial charge in [-0.3, -0.25) is 0 Å². The molecule has 0 aromatic carbocycles. The minimum atomic E-state index is -2.95. The predicted molar refractivity (Wildman–Crippen MR) is 65.2 cm³/mol. The summed E-state index contributed by atoms with van der Waals surface area (Å²) in [4.78, 5) is 2.07. The van der Waals surface area contributed by atoms with Crippen LogP contribution in [-0.2, 0) is 9.84 Å². The largest absolute Gasteiger partial charge is 0.395 e. The molecule has 0 heterocycles. The number of hydrogen-bond donors (Lipinski definition) is 1. The number of sulfone groups is 1. The number of aliphatic hydroxyl groups excluding tert-OH is 1. The van der Waals surface area contributed by atoms with Crippen molar-refractivity contribution in [2.24, 2.45) is 5.92 Å². The Morgan fingerprint density at radius 3 is 2.50 bits per heavy atom. The maximum atomic E-state index is 11.7. The van der Waals surface area contributed by atoms with E-state index in [2.05, 4.69) is 4.90 Å². The van der Waals surface area contributed by atoms with Crippen LogP contribution in [0, 0.1) is 5.92 Å². The molecule has 3 unspecified atom stereocenters. The van der Waals surface area contributed by atoms with Crippen molar-refractivity contribution in [1.29, 1.82) is 0 Å². The van der Waals surface area contributed by atoms with Crippen molar-refractivity contribution in [2.45, 2.75) is 37.5 Å². The summed E-state index contributed by atoms with van der Waals surface area (Å²) in [7, 11) is -0.991. The number of rotatable bonds is 4. The van der Waals surface area contributed by atoms with E-state index in [4.69, 9.17) is 5.11 Å². The van der Waals surface area contributed by atoms with Crippen molar-refractivity contribution in [2.75, 3.05) is 26.5 Å². The topological polar surface area (TPSA) is 57.6 Å². The predicted octanol–water partition coefficient (Wildman–Crippen LogP) is 0.512. The average molecular weight is 249 g/mol. The fraction of sp³-hybridized carbons (Fsp3) is 1.00. The molecule has 1 aliphatic carbocycles. The Labute approximate surface area is 98.6 Å². The fourth-order valence-corrected chi connectivity index (χ4v) is 4.15. The van der Waals surface area contributed by atoms with E-state index in [1.807, 2.05) is 14.0 Å². The molecule has 1 saturated carbocycles. The second kappa shape index (κ2) is 5.47. The van der Waals surface area contributed by atoms with Gasteiger partial charge in [0.25, 0.3) is 0 Å². The summed E-state index contributed by atoms with van der Waals surface area (Å²) in [5, 5.41) is 8.67. The second-order valence-corrected chi connectivity index (χ2v) is 7.28. The molecule has 1 fully saturated rings. The van der Waals surface area contributed by atoms with Gasteiger partial charge >= 0.3 is 0 Å². The summed E-state index contributed by atoms with van der Waals surface area (Å²) in [6, 6.07) is 0.295. The molecule has 0 aromatic heterocycles. The lowest BCUT2D eigenvalue weighted by molar-refractivity contribution is 0.140. The molecule has 1 N–H and O–H groups in total. The molecule has 0 radical (unpaired) electrons. The van der Waals surface area contributed by atoms with Gasteiger partial charge in [0.2, 0.25) is 0 Å². The smallest absolute Gasteiger partial charge is 0.150 e. The third kappa shape index (κ3) is 3.43. The van der Waals surface area contributed by atoms with E-state index < -0.39 is 9.84 Å². The molecule has 4 nitrogen and oxygen atoms in total. The van der Waals surface area contributed by atoms with Crippen molar-refractivity contribution in [3.05, 3.63) is 0 Å². The van der Waals surface area contributed by atoms with Gasteiger partial charge in [0.15, 0.2) is 9.84 Å². The fourth-order valence-electron chi connectivity index (χ4n) is 2.60. The summed E-state index contributed by atoms with van der Waals surface area (Å²) < 4.78 is 23.3. The number of aliphatic hydroxyl groups is 1. The van der Waals surface area contributed by atoms with Crippen LogP contribution in [0.2, 0.25) is 0 Å². The Bertz CT molecular complexity index is 315. The van der Waals surface area contributed by atoms with Crippen molar-refractivity contribution in [1.82, 2.24) is 4.90 Å². The average Bonchev–Trinajstić information content (AvgIpc) is 2.16. The molecular weight excluding hydrogens is 226 g/mol. The van der Waals surface area contributed by atoms with Crippen molar-refractivity contribution in [3.8, 4) is 0 Å². The van der Waals surface area contributed by atoms with Gasteiger partial charge < -0.3 is 10.0 Å². The zero-order valence-electron chi connectivity index (χ0n) is 10.4. The lowest BCUT2D eigenvalue weighted by Gasteiger charge is -2.37. The van der Waals surface area contributed by atoms with Gasteiger partial charge in [0.1, 0.15) is 0 Å². The Morgan fingerprint density at radius 1 is 1.38 bits per heavy atom. The minimum Gasteiger partial charge on any atom is -0.395 e. The zero-order valence-corrected chi connectivity index (χ0v) is 11.2. The standard InChI is InChI=1S/C11H23NO3S/c1-9-4-5-10(12(2)6-7-13)8-11(9)16(3,14)15/h9-11,13H,4-8H2,1-3H3. The summed E-state index contributed by atoms with van der Waals surface area (Å²) in [6.45, 7) is 2.77. The third-order valence-corrected chi connectivity index (χ3v) is 5.48. The Balaban J connectivity index is 2.68. The molecule has 5 heteroatoms. The van der Waals surface area contributed by atoms with Gasteiger partial charge in [0.05, 0.1) is 11.9 Å². The Morgan fingerprint density at radius 2 is 2.00 bits per heavy atom. The van der Waals surface area contributed by atoms with Crippen molar-refractivity contribution >= 4 is 9.84 Å². The van der Waals surface area contributed by atoms with Gasteiger partial charge in [-0.15, -0.1) is 0 Å². The molecule has 96 valence electrons. The van der Waals surface area contributed by atoms with Crippen LogP contribution in [0.3, 0.4) is 0 Å². The minimum absolute atomic E-state index is 0.131. The van der Waals surface area contributed by atoms with Crippen LogP contribution in [0.1, 0.15) is 26.2 Å².